The molecule has 0 aliphatic heterocycles. The molecule has 1 N–H and O–H groups in total. The molecule has 0 aliphatic carbocycles. The molecule has 0 fully saturated rings. The highest BCUT2D eigenvalue weighted by molar-refractivity contribution is 7.15. The lowest BCUT2D eigenvalue weighted by Crippen LogP contribution is -2.17. The number of aryl methyl sites for hydroxylation is 1. The van der Waals surface area contributed by atoms with Gasteiger partial charge in [-0.05, 0) is 32.0 Å². The average molecular weight is 290 g/mol. The first-order valence-electron chi connectivity index (χ1n) is 6.94. The topological polar surface area (TPSA) is 34.1 Å². The van der Waals surface area contributed by atoms with Crippen LogP contribution in [0.3, 0.4) is 0 Å². The number of ether oxygens (including phenoxy) is 1. The van der Waals surface area contributed by atoms with Crippen molar-refractivity contribution in [1.82, 2.24) is 10.3 Å². The van der Waals surface area contributed by atoms with E-state index in [-0.39, 0.29) is 0 Å². The fraction of sp³-hybridized carbons (Fsp3) is 0.438. The number of hydrogen-bond acceptors (Lipinski definition) is 4. The minimum absolute atomic E-state index is 0.355. The fourth-order valence-electron chi connectivity index (χ4n) is 2.29. The molecular weight excluding hydrogens is 268 g/mol. The summed E-state index contributed by atoms with van der Waals surface area (Å²) in [5.41, 5.74) is 3.47. The second-order valence-electron chi connectivity index (χ2n) is 4.88. The molecule has 0 bridgehead atoms. The van der Waals surface area contributed by atoms with Gasteiger partial charge in [-0.3, -0.25) is 0 Å². The molecule has 2 aromatic rings. The molecule has 0 amide bonds. The number of hydrogen-bond donors (Lipinski definition) is 1. The van der Waals surface area contributed by atoms with Gasteiger partial charge in [0.15, 0.2) is 0 Å². The van der Waals surface area contributed by atoms with Crippen molar-refractivity contribution in [3.63, 3.8) is 0 Å². The van der Waals surface area contributed by atoms with Gasteiger partial charge in [-0.15, -0.1) is 11.3 Å². The van der Waals surface area contributed by atoms with E-state index in [1.165, 1.54) is 16.0 Å². The lowest BCUT2D eigenvalue weighted by molar-refractivity contribution is 0.185. The molecule has 1 atom stereocenters. The summed E-state index contributed by atoms with van der Waals surface area (Å²) in [7, 11) is 1.72. The molecular formula is C16H22N2OS. The summed E-state index contributed by atoms with van der Waals surface area (Å²) in [4.78, 5) is 6.04. The Morgan fingerprint density at radius 1 is 1.40 bits per heavy atom. The van der Waals surface area contributed by atoms with Gasteiger partial charge in [-0.2, -0.15) is 0 Å². The van der Waals surface area contributed by atoms with E-state index in [1.54, 1.807) is 18.4 Å². The first-order valence-corrected chi connectivity index (χ1v) is 7.76. The van der Waals surface area contributed by atoms with Gasteiger partial charge < -0.3 is 10.1 Å². The van der Waals surface area contributed by atoms with Crippen LogP contribution in [0.15, 0.2) is 24.3 Å². The maximum Gasteiger partial charge on any atom is 0.123 e. The van der Waals surface area contributed by atoms with Crippen molar-refractivity contribution < 1.29 is 4.74 Å². The number of nitrogens with zero attached hydrogens (tertiary/aromatic N) is 1. The zero-order valence-corrected chi connectivity index (χ0v) is 13.4. The van der Waals surface area contributed by atoms with Crippen molar-refractivity contribution in [2.75, 3.05) is 13.7 Å². The normalized spacial score (nSPS) is 12.6. The third-order valence-electron chi connectivity index (χ3n) is 3.22. The molecule has 2 rings (SSSR count). The van der Waals surface area contributed by atoms with Crippen LogP contribution in [0.2, 0.25) is 0 Å². The van der Waals surface area contributed by atoms with Gasteiger partial charge in [0, 0.05) is 23.6 Å². The monoisotopic (exact) mass is 290 g/mol. The number of methoxy groups -OCH3 is 1. The molecule has 1 aromatic carbocycles. The molecule has 3 nitrogen and oxygen atoms in total. The third kappa shape index (κ3) is 3.45. The Labute approximate surface area is 125 Å². The zero-order chi connectivity index (χ0) is 14.5. The average Bonchev–Trinajstić information content (AvgIpc) is 2.82. The molecule has 0 saturated carbocycles. The standard InChI is InChI=1S/C16H22N2OS/c1-5-17-11(2)15-12(3)18-16(20-15)14-8-6-7-13(9-14)10-19-4/h6-9,11,17H,5,10H2,1-4H3. The second-order valence-corrected chi connectivity index (χ2v) is 5.91. The lowest BCUT2D eigenvalue weighted by Gasteiger charge is -2.09. The summed E-state index contributed by atoms with van der Waals surface area (Å²) in [6.45, 7) is 8.01. The van der Waals surface area contributed by atoms with Crippen LogP contribution < -0.4 is 5.32 Å². The van der Waals surface area contributed by atoms with Crippen LogP contribution in [0, 0.1) is 6.92 Å². The van der Waals surface area contributed by atoms with Crippen LogP contribution in [0.25, 0.3) is 10.6 Å². The summed E-state index contributed by atoms with van der Waals surface area (Å²) in [6, 6.07) is 8.76. The molecule has 1 aromatic heterocycles. The minimum atomic E-state index is 0.355. The summed E-state index contributed by atoms with van der Waals surface area (Å²) >= 11 is 1.77. The van der Waals surface area contributed by atoms with Gasteiger partial charge in [0.25, 0.3) is 0 Å². The lowest BCUT2D eigenvalue weighted by atomic mass is 10.1. The summed E-state index contributed by atoms with van der Waals surface area (Å²) in [5, 5.41) is 4.53. The van der Waals surface area contributed by atoms with Crippen LogP contribution in [-0.4, -0.2) is 18.6 Å². The first-order chi connectivity index (χ1) is 9.65. The highest BCUT2D eigenvalue weighted by atomic mass is 32.1. The van der Waals surface area contributed by atoms with Gasteiger partial charge >= 0.3 is 0 Å². The Hall–Kier alpha value is -1.23. The molecule has 4 heteroatoms. The molecule has 108 valence electrons. The van der Waals surface area contributed by atoms with Crippen LogP contribution in [0.5, 0.6) is 0 Å². The maximum atomic E-state index is 5.19. The Morgan fingerprint density at radius 3 is 2.90 bits per heavy atom. The van der Waals surface area contributed by atoms with E-state index in [4.69, 9.17) is 9.72 Å². The molecule has 20 heavy (non-hydrogen) atoms. The van der Waals surface area contributed by atoms with Crippen molar-refractivity contribution in [2.45, 2.75) is 33.4 Å². The quantitative estimate of drug-likeness (QED) is 0.875. The highest BCUT2D eigenvalue weighted by Crippen LogP contribution is 2.32. The smallest absolute Gasteiger partial charge is 0.123 e. The molecule has 0 aliphatic rings. The molecule has 0 saturated heterocycles. The van der Waals surface area contributed by atoms with E-state index in [2.05, 4.69) is 50.4 Å². The number of aromatic nitrogens is 1. The molecule has 1 heterocycles. The van der Waals surface area contributed by atoms with Gasteiger partial charge in [0.2, 0.25) is 0 Å². The Morgan fingerprint density at radius 2 is 2.20 bits per heavy atom. The Balaban J connectivity index is 2.29. The molecule has 0 radical (unpaired) electrons. The summed E-state index contributed by atoms with van der Waals surface area (Å²) in [5.74, 6) is 0. The largest absolute Gasteiger partial charge is 0.380 e. The Kier molecular flexibility index (Phi) is 5.29. The van der Waals surface area contributed by atoms with E-state index in [9.17, 15) is 0 Å². The molecule has 0 spiro atoms. The molecule has 1 unspecified atom stereocenters. The van der Waals surface area contributed by atoms with Gasteiger partial charge in [0.05, 0.1) is 12.3 Å². The third-order valence-corrected chi connectivity index (χ3v) is 4.61. The SMILES string of the molecule is CCNC(C)c1sc(-c2cccc(COC)c2)nc1C. The van der Waals surface area contributed by atoms with E-state index < -0.39 is 0 Å². The van der Waals surface area contributed by atoms with Crippen molar-refractivity contribution in [3.8, 4) is 10.6 Å². The maximum absolute atomic E-state index is 5.19. The van der Waals surface area contributed by atoms with E-state index in [1.807, 2.05) is 0 Å². The van der Waals surface area contributed by atoms with Gasteiger partial charge in [-0.1, -0.05) is 25.1 Å². The highest BCUT2D eigenvalue weighted by Gasteiger charge is 2.14. The number of rotatable bonds is 6. The number of benzene rings is 1. The van der Waals surface area contributed by atoms with Crippen LogP contribution in [0.4, 0.5) is 0 Å². The van der Waals surface area contributed by atoms with E-state index >= 15 is 0 Å². The van der Waals surface area contributed by atoms with Crippen LogP contribution >= 0.6 is 11.3 Å². The first kappa shape index (κ1) is 15.2. The second kappa shape index (κ2) is 6.97. The van der Waals surface area contributed by atoms with Crippen molar-refractivity contribution in [2.24, 2.45) is 0 Å². The van der Waals surface area contributed by atoms with Crippen molar-refractivity contribution >= 4 is 11.3 Å². The predicted octanol–water partition coefficient (Wildman–Crippen LogP) is 3.94. The zero-order valence-electron chi connectivity index (χ0n) is 12.6. The fourth-order valence-corrected chi connectivity index (χ4v) is 3.38. The van der Waals surface area contributed by atoms with Crippen LogP contribution in [-0.2, 0) is 11.3 Å². The van der Waals surface area contributed by atoms with Crippen molar-refractivity contribution in [1.29, 1.82) is 0 Å². The van der Waals surface area contributed by atoms with Crippen LogP contribution in [0.1, 0.15) is 36.0 Å². The van der Waals surface area contributed by atoms with E-state index in [0.29, 0.717) is 12.6 Å². The number of nitrogens with one attached hydrogen (secondary N) is 1. The summed E-state index contributed by atoms with van der Waals surface area (Å²) in [6.07, 6.45) is 0. The Bertz CT molecular complexity index is 565. The summed E-state index contributed by atoms with van der Waals surface area (Å²) < 4.78 is 5.19. The van der Waals surface area contributed by atoms with Crippen molar-refractivity contribution in [3.05, 3.63) is 40.4 Å². The van der Waals surface area contributed by atoms with E-state index in [0.717, 1.165) is 17.2 Å². The number of thiazole rings is 1. The van der Waals surface area contributed by atoms with Gasteiger partial charge in [0.1, 0.15) is 5.01 Å². The van der Waals surface area contributed by atoms with Gasteiger partial charge in [-0.25, -0.2) is 4.98 Å². The predicted molar refractivity (Wildman–Crippen MR) is 85.1 cm³/mol. The minimum Gasteiger partial charge on any atom is -0.380 e.